The Morgan fingerprint density at radius 2 is 1.96 bits per heavy atom. The number of thioether (sulfide) groups is 1. The number of thiazole rings is 1. The molecule has 6 heteroatoms. The first-order valence-corrected chi connectivity index (χ1v) is 10.9. The number of anilines is 1. The van der Waals surface area contributed by atoms with Gasteiger partial charge in [-0.3, -0.25) is 9.69 Å². The van der Waals surface area contributed by atoms with Crippen molar-refractivity contribution in [1.29, 1.82) is 0 Å². The fraction of sp³-hybridized carbons (Fsp3) is 0.182. The molecule has 0 fully saturated rings. The average molecular weight is 409 g/mol. The number of amides is 1. The standard InChI is InChI=1S/C22H20N2O2S2/c1-16-7-5-11-19-21(16)23-22(28-19)24(15-17-8-6-13-26-17)20(25)12-14-27-18-9-3-2-4-10-18/h2-11,13H,12,14-15H2,1H3. The summed E-state index contributed by atoms with van der Waals surface area (Å²) in [6, 6.07) is 20.0. The van der Waals surface area contributed by atoms with E-state index >= 15 is 0 Å². The van der Waals surface area contributed by atoms with Gasteiger partial charge in [0.1, 0.15) is 5.76 Å². The molecule has 2 aromatic heterocycles. The summed E-state index contributed by atoms with van der Waals surface area (Å²) in [6.45, 7) is 2.43. The van der Waals surface area contributed by atoms with Crippen molar-refractivity contribution in [2.75, 3.05) is 10.7 Å². The van der Waals surface area contributed by atoms with Gasteiger partial charge in [0, 0.05) is 17.1 Å². The van der Waals surface area contributed by atoms with Crippen LogP contribution in [-0.4, -0.2) is 16.6 Å². The highest BCUT2D eigenvalue weighted by molar-refractivity contribution is 7.99. The van der Waals surface area contributed by atoms with Crippen LogP contribution in [0.3, 0.4) is 0 Å². The molecule has 0 radical (unpaired) electrons. The number of nitrogens with zero attached hydrogens (tertiary/aromatic N) is 2. The van der Waals surface area contributed by atoms with E-state index in [1.165, 1.54) is 4.90 Å². The summed E-state index contributed by atoms with van der Waals surface area (Å²) < 4.78 is 6.57. The monoisotopic (exact) mass is 408 g/mol. The van der Waals surface area contributed by atoms with Gasteiger partial charge in [0.15, 0.2) is 5.13 Å². The average Bonchev–Trinajstić information content (AvgIpc) is 3.37. The molecular weight excluding hydrogens is 388 g/mol. The van der Waals surface area contributed by atoms with Gasteiger partial charge in [0.25, 0.3) is 0 Å². The minimum atomic E-state index is 0.0524. The van der Waals surface area contributed by atoms with Crippen molar-refractivity contribution >= 4 is 44.4 Å². The Morgan fingerprint density at radius 1 is 1.11 bits per heavy atom. The van der Waals surface area contributed by atoms with Crippen molar-refractivity contribution in [2.24, 2.45) is 0 Å². The Labute approximate surface area is 172 Å². The van der Waals surface area contributed by atoms with Gasteiger partial charge in [0.05, 0.1) is 23.0 Å². The molecule has 0 atom stereocenters. The van der Waals surface area contributed by atoms with Crippen LogP contribution in [0, 0.1) is 6.92 Å². The van der Waals surface area contributed by atoms with Crippen LogP contribution in [0.25, 0.3) is 10.2 Å². The molecule has 0 spiro atoms. The van der Waals surface area contributed by atoms with E-state index in [1.54, 1.807) is 34.3 Å². The van der Waals surface area contributed by atoms with Crippen molar-refractivity contribution in [3.8, 4) is 0 Å². The molecule has 1 amide bonds. The molecular formula is C22H20N2O2S2. The summed E-state index contributed by atoms with van der Waals surface area (Å²) in [5, 5.41) is 0.718. The van der Waals surface area contributed by atoms with Crippen LogP contribution < -0.4 is 4.90 Å². The normalized spacial score (nSPS) is 11.0. The molecule has 2 aromatic carbocycles. The fourth-order valence-corrected chi connectivity index (χ4v) is 4.84. The molecule has 142 valence electrons. The first-order valence-electron chi connectivity index (χ1n) is 9.07. The minimum absolute atomic E-state index is 0.0524. The molecule has 4 aromatic rings. The zero-order valence-electron chi connectivity index (χ0n) is 15.5. The van der Waals surface area contributed by atoms with E-state index in [0.717, 1.165) is 32.4 Å². The van der Waals surface area contributed by atoms with Gasteiger partial charge >= 0.3 is 0 Å². The Balaban J connectivity index is 1.54. The molecule has 28 heavy (non-hydrogen) atoms. The second-order valence-corrected chi connectivity index (χ2v) is 8.57. The lowest BCUT2D eigenvalue weighted by Gasteiger charge is -2.18. The minimum Gasteiger partial charge on any atom is -0.467 e. The van der Waals surface area contributed by atoms with Crippen molar-refractivity contribution in [2.45, 2.75) is 24.8 Å². The summed E-state index contributed by atoms with van der Waals surface area (Å²) in [5.74, 6) is 1.53. The van der Waals surface area contributed by atoms with Crippen LogP contribution in [0.15, 0.2) is 76.2 Å². The van der Waals surface area contributed by atoms with Gasteiger partial charge in [-0.2, -0.15) is 0 Å². The third kappa shape index (κ3) is 4.29. The molecule has 0 aliphatic rings. The first kappa shape index (κ1) is 18.8. The number of hydrogen-bond donors (Lipinski definition) is 0. The third-order valence-electron chi connectivity index (χ3n) is 4.36. The van der Waals surface area contributed by atoms with E-state index in [-0.39, 0.29) is 5.91 Å². The van der Waals surface area contributed by atoms with Gasteiger partial charge < -0.3 is 4.42 Å². The van der Waals surface area contributed by atoms with E-state index in [2.05, 4.69) is 12.1 Å². The number of fused-ring (bicyclic) bond motifs is 1. The summed E-state index contributed by atoms with van der Waals surface area (Å²) in [6.07, 6.45) is 2.07. The summed E-state index contributed by atoms with van der Waals surface area (Å²) in [7, 11) is 0. The number of para-hydroxylation sites is 1. The summed E-state index contributed by atoms with van der Waals surface area (Å²) in [4.78, 5) is 20.7. The van der Waals surface area contributed by atoms with Gasteiger partial charge in [0.2, 0.25) is 5.91 Å². The molecule has 0 aliphatic carbocycles. The van der Waals surface area contributed by atoms with Crippen molar-refractivity contribution < 1.29 is 9.21 Å². The molecule has 0 N–H and O–H groups in total. The number of hydrogen-bond acceptors (Lipinski definition) is 5. The Hall–Kier alpha value is -2.57. The van der Waals surface area contributed by atoms with Crippen molar-refractivity contribution in [3.63, 3.8) is 0 Å². The number of benzene rings is 2. The van der Waals surface area contributed by atoms with Crippen molar-refractivity contribution in [1.82, 2.24) is 4.98 Å². The Bertz CT molecular complexity index is 1060. The highest BCUT2D eigenvalue weighted by Crippen LogP contribution is 2.32. The molecule has 0 saturated carbocycles. The predicted molar refractivity (Wildman–Crippen MR) is 116 cm³/mol. The maximum absolute atomic E-state index is 13.1. The second-order valence-electron chi connectivity index (χ2n) is 6.39. The number of aromatic nitrogens is 1. The van der Waals surface area contributed by atoms with E-state index in [0.29, 0.717) is 13.0 Å². The van der Waals surface area contributed by atoms with E-state index in [9.17, 15) is 4.79 Å². The largest absolute Gasteiger partial charge is 0.467 e. The maximum Gasteiger partial charge on any atom is 0.230 e. The van der Waals surface area contributed by atoms with Crippen LogP contribution in [0.5, 0.6) is 0 Å². The quantitative estimate of drug-likeness (QED) is 0.357. The number of rotatable bonds is 7. The second kappa shape index (κ2) is 8.63. The zero-order valence-corrected chi connectivity index (χ0v) is 17.1. The maximum atomic E-state index is 13.1. The van der Waals surface area contributed by atoms with Crippen molar-refractivity contribution in [3.05, 3.63) is 78.3 Å². The topological polar surface area (TPSA) is 46.3 Å². The summed E-state index contributed by atoms with van der Waals surface area (Å²) >= 11 is 3.23. The van der Waals surface area contributed by atoms with Crippen LogP contribution in [0.1, 0.15) is 17.7 Å². The van der Waals surface area contributed by atoms with Gasteiger partial charge in [-0.15, -0.1) is 11.8 Å². The van der Waals surface area contributed by atoms with E-state index in [4.69, 9.17) is 9.40 Å². The lowest BCUT2D eigenvalue weighted by Crippen LogP contribution is -2.30. The number of carbonyl (C=O) groups is 1. The number of aryl methyl sites for hydroxylation is 1. The van der Waals surface area contributed by atoms with Gasteiger partial charge in [-0.1, -0.05) is 41.7 Å². The third-order valence-corrected chi connectivity index (χ3v) is 6.42. The fourth-order valence-electron chi connectivity index (χ4n) is 2.92. The molecule has 0 aliphatic heterocycles. The van der Waals surface area contributed by atoms with Crippen LogP contribution in [-0.2, 0) is 11.3 Å². The Kier molecular flexibility index (Phi) is 5.78. The number of furan rings is 1. The van der Waals surface area contributed by atoms with E-state index < -0.39 is 0 Å². The molecule has 2 heterocycles. The molecule has 0 unspecified atom stereocenters. The highest BCUT2D eigenvalue weighted by atomic mass is 32.2. The van der Waals surface area contributed by atoms with Crippen LogP contribution in [0.4, 0.5) is 5.13 Å². The predicted octanol–water partition coefficient (Wildman–Crippen LogP) is 5.91. The molecule has 0 saturated heterocycles. The summed E-state index contributed by atoms with van der Waals surface area (Å²) in [5.41, 5.74) is 2.07. The van der Waals surface area contributed by atoms with Gasteiger partial charge in [-0.25, -0.2) is 4.98 Å². The molecule has 4 rings (SSSR count). The number of carbonyl (C=O) groups excluding carboxylic acids is 1. The Morgan fingerprint density at radius 3 is 2.71 bits per heavy atom. The highest BCUT2D eigenvalue weighted by Gasteiger charge is 2.21. The lowest BCUT2D eigenvalue weighted by molar-refractivity contribution is -0.118. The smallest absolute Gasteiger partial charge is 0.230 e. The molecule has 0 bridgehead atoms. The lowest BCUT2D eigenvalue weighted by atomic mass is 10.2. The van der Waals surface area contributed by atoms with Gasteiger partial charge in [-0.05, 0) is 42.8 Å². The van der Waals surface area contributed by atoms with E-state index in [1.807, 2.05) is 55.5 Å². The zero-order chi connectivity index (χ0) is 19.3. The van der Waals surface area contributed by atoms with Crippen LogP contribution >= 0.6 is 23.1 Å². The SMILES string of the molecule is Cc1cccc2sc(N(Cc3ccco3)C(=O)CCSc3ccccc3)nc12. The molecule has 4 nitrogen and oxygen atoms in total. The van der Waals surface area contributed by atoms with Crippen LogP contribution in [0.2, 0.25) is 0 Å². The first-order chi connectivity index (χ1) is 13.7.